The third-order valence-electron chi connectivity index (χ3n) is 6.87. The first-order chi connectivity index (χ1) is 16.2. The lowest BCUT2D eigenvalue weighted by Gasteiger charge is -2.57. The molecule has 1 fully saturated rings. The third kappa shape index (κ3) is 2.45. The zero-order valence-electron chi connectivity index (χ0n) is 17.6. The van der Waals surface area contributed by atoms with Gasteiger partial charge >= 0.3 is 0 Å². The Hall–Kier alpha value is -3.49. The van der Waals surface area contributed by atoms with Crippen LogP contribution in [0.25, 0.3) is 11.5 Å². The standard InChI is InChI=1S/C25H20N4O3S/c30-19-9-11-28-22(23(19)31)24-26-10-12-27(24)25(14-32-15-25)29(28)21-17-6-2-1-5-16(17)13-33-20-8-4-3-7-18(20)21/h1-12,21,31H,13-15H2. The molecule has 0 aliphatic carbocycles. The molecule has 1 N–H and O–H groups in total. The molecule has 1 atom stereocenters. The summed E-state index contributed by atoms with van der Waals surface area (Å²) >= 11 is 1.83. The number of aromatic nitrogens is 3. The molecule has 7 nitrogen and oxygen atoms in total. The number of hydrogen-bond acceptors (Lipinski definition) is 6. The lowest BCUT2D eigenvalue weighted by molar-refractivity contribution is -0.119. The van der Waals surface area contributed by atoms with Gasteiger partial charge in [0.05, 0.1) is 19.3 Å². The number of ether oxygens (including phenoxy) is 1. The number of rotatable bonds is 1. The molecule has 1 spiro atoms. The van der Waals surface area contributed by atoms with Crippen LogP contribution in [0.4, 0.5) is 0 Å². The molecule has 1 saturated heterocycles. The molecule has 3 aliphatic rings. The molecule has 2 aromatic heterocycles. The molecule has 7 rings (SSSR count). The monoisotopic (exact) mass is 456 g/mol. The highest BCUT2D eigenvalue weighted by atomic mass is 32.2. The second-order valence-corrected chi connectivity index (χ2v) is 9.61. The summed E-state index contributed by atoms with van der Waals surface area (Å²) in [6.45, 7) is 0.938. The van der Waals surface area contributed by atoms with Crippen molar-refractivity contribution in [3.8, 4) is 17.3 Å². The summed E-state index contributed by atoms with van der Waals surface area (Å²) < 4.78 is 9.77. The Morgan fingerprint density at radius 2 is 1.82 bits per heavy atom. The van der Waals surface area contributed by atoms with Gasteiger partial charge in [0, 0.05) is 35.3 Å². The van der Waals surface area contributed by atoms with Crippen LogP contribution < -0.4 is 10.4 Å². The van der Waals surface area contributed by atoms with E-state index >= 15 is 0 Å². The number of benzene rings is 2. The topological polar surface area (TPSA) is 72.5 Å². The fourth-order valence-corrected chi connectivity index (χ4v) is 6.40. The van der Waals surface area contributed by atoms with Crippen LogP contribution in [0, 0.1) is 0 Å². The second kappa shape index (κ2) is 6.76. The molecule has 3 aliphatic heterocycles. The number of aromatic hydroxyl groups is 1. The summed E-state index contributed by atoms with van der Waals surface area (Å²) in [4.78, 5) is 18.2. The minimum Gasteiger partial charge on any atom is -0.503 e. The predicted molar refractivity (Wildman–Crippen MR) is 125 cm³/mol. The van der Waals surface area contributed by atoms with E-state index in [0.717, 1.165) is 5.75 Å². The van der Waals surface area contributed by atoms with Crippen molar-refractivity contribution >= 4 is 11.8 Å². The zero-order chi connectivity index (χ0) is 22.2. The van der Waals surface area contributed by atoms with Gasteiger partial charge in [0.25, 0.3) is 0 Å². The maximum absolute atomic E-state index is 12.5. The Bertz CT molecular complexity index is 1430. The van der Waals surface area contributed by atoms with Gasteiger partial charge in [0.1, 0.15) is 0 Å². The lowest BCUT2D eigenvalue weighted by Crippen LogP contribution is -2.69. The summed E-state index contributed by atoms with van der Waals surface area (Å²) in [5.41, 5.74) is 3.09. The minimum atomic E-state index is -0.541. The van der Waals surface area contributed by atoms with Crippen molar-refractivity contribution in [3.05, 3.63) is 100 Å². The Labute approximate surface area is 193 Å². The van der Waals surface area contributed by atoms with Gasteiger partial charge in [-0.05, 0) is 22.8 Å². The molecule has 5 heterocycles. The van der Waals surface area contributed by atoms with Crippen molar-refractivity contribution in [2.75, 3.05) is 18.2 Å². The highest BCUT2D eigenvalue weighted by Gasteiger charge is 2.54. The van der Waals surface area contributed by atoms with Crippen LogP contribution >= 0.6 is 11.8 Å². The van der Waals surface area contributed by atoms with Gasteiger partial charge in [-0.25, -0.2) is 4.98 Å². The molecular weight excluding hydrogens is 436 g/mol. The van der Waals surface area contributed by atoms with Gasteiger partial charge in [0.15, 0.2) is 22.9 Å². The predicted octanol–water partition coefficient (Wildman–Crippen LogP) is 3.45. The maximum atomic E-state index is 12.5. The van der Waals surface area contributed by atoms with Crippen LogP contribution in [0.1, 0.15) is 22.7 Å². The van der Waals surface area contributed by atoms with Crippen molar-refractivity contribution < 1.29 is 9.84 Å². The number of nitrogens with zero attached hydrogens (tertiary/aromatic N) is 4. The zero-order valence-corrected chi connectivity index (χ0v) is 18.4. The Balaban J connectivity index is 1.59. The van der Waals surface area contributed by atoms with Gasteiger partial charge in [0.2, 0.25) is 5.43 Å². The van der Waals surface area contributed by atoms with E-state index in [9.17, 15) is 9.90 Å². The van der Waals surface area contributed by atoms with E-state index in [1.165, 1.54) is 27.7 Å². The van der Waals surface area contributed by atoms with Gasteiger partial charge in [-0.15, -0.1) is 11.8 Å². The largest absolute Gasteiger partial charge is 0.503 e. The smallest absolute Gasteiger partial charge is 0.224 e. The molecule has 8 heteroatoms. The number of imidazole rings is 1. The van der Waals surface area contributed by atoms with E-state index in [4.69, 9.17) is 4.74 Å². The summed E-state index contributed by atoms with van der Waals surface area (Å²) in [6.07, 6.45) is 5.37. The highest BCUT2D eigenvalue weighted by Crippen LogP contribution is 2.49. The van der Waals surface area contributed by atoms with E-state index in [2.05, 4.69) is 58.5 Å². The van der Waals surface area contributed by atoms with Crippen LogP contribution in [-0.2, 0) is 16.2 Å². The molecule has 4 aromatic rings. The third-order valence-corrected chi connectivity index (χ3v) is 8.01. The Kier molecular flexibility index (Phi) is 3.89. The summed E-state index contributed by atoms with van der Waals surface area (Å²) in [5.74, 6) is 1.14. The number of fused-ring (bicyclic) bond motifs is 6. The van der Waals surface area contributed by atoms with Crippen LogP contribution in [0.3, 0.4) is 0 Å². The van der Waals surface area contributed by atoms with Crippen LogP contribution in [0.2, 0.25) is 0 Å². The Morgan fingerprint density at radius 1 is 1.03 bits per heavy atom. The molecule has 164 valence electrons. The molecule has 0 bridgehead atoms. The molecular formula is C25H20N4O3S. The first-order valence-electron chi connectivity index (χ1n) is 10.8. The minimum absolute atomic E-state index is 0.160. The SMILES string of the molecule is O=c1ccn2c(c1O)-c1nccn1C1(COC1)N2C1c2ccccc2CSc2ccccc21. The van der Waals surface area contributed by atoms with E-state index in [0.29, 0.717) is 24.7 Å². The van der Waals surface area contributed by atoms with E-state index in [1.807, 2.05) is 27.2 Å². The Morgan fingerprint density at radius 3 is 2.64 bits per heavy atom. The molecule has 33 heavy (non-hydrogen) atoms. The van der Waals surface area contributed by atoms with Gasteiger partial charge in [-0.2, -0.15) is 0 Å². The van der Waals surface area contributed by atoms with Crippen LogP contribution in [0.15, 0.2) is 82.9 Å². The van der Waals surface area contributed by atoms with Gasteiger partial charge in [-0.1, -0.05) is 42.5 Å². The van der Waals surface area contributed by atoms with Crippen molar-refractivity contribution in [2.45, 2.75) is 22.4 Å². The fraction of sp³-hybridized carbons (Fsp3) is 0.200. The van der Waals surface area contributed by atoms with E-state index in [-0.39, 0.29) is 11.8 Å². The summed E-state index contributed by atoms with van der Waals surface area (Å²) in [5, 5.41) is 13.2. The lowest BCUT2D eigenvalue weighted by atomic mass is 9.91. The van der Waals surface area contributed by atoms with E-state index in [1.54, 1.807) is 12.4 Å². The quantitative estimate of drug-likeness (QED) is 0.473. The fourth-order valence-electron chi connectivity index (χ4n) is 5.31. The molecule has 0 saturated carbocycles. The van der Waals surface area contributed by atoms with Crippen molar-refractivity contribution in [2.24, 2.45) is 0 Å². The van der Waals surface area contributed by atoms with Crippen LogP contribution in [-0.4, -0.2) is 32.5 Å². The van der Waals surface area contributed by atoms with Gasteiger partial charge in [-0.3, -0.25) is 14.5 Å². The molecule has 0 radical (unpaired) electrons. The maximum Gasteiger partial charge on any atom is 0.224 e. The number of hydrogen-bond donors (Lipinski definition) is 1. The van der Waals surface area contributed by atoms with Gasteiger partial charge < -0.3 is 14.4 Å². The first kappa shape index (κ1) is 19.0. The van der Waals surface area contributed by atoms with Crippen molar-refractivity contribution in [1.29, 1.82) is 0 Å². The summed E-state index contributed by atoms with van der Waals surface area (Å²) in [7, 11) is 0. The van der Waals surface area contributed by atoms with Crippen molar-refractivity contribution in [1.82, 2.24) is 14.2 Å². The normalized spacial score (nSPS) is 19.6. The molecule has 0 amide bonds. The first-order valence-corrected chi connectivity index (χ1v) is 11.8. The molecule has 1 unspecified atom stereocenters. The van der Waals surface area contributed by atoms with Crippen molar-refractivity contribution in [3.63, 3.8) is 0 Å². The highest BCUT2D eigenvalue weighted by molar-refractivity contribution is 7.98. The van der Waals surface area contributed by atoms with Crippen LogP contribution in [0.5, 0.6) is 5.75 Å². The second-order valence-electron chi connectivity index (χ2n) is 8.59. The number of thioether (sulfide) groups is 1. The van der Waals surface area contributed by atoms with E-state index < -0.39 is 11.1 Å². The average Bonchev–Trinajstić information content (AvgIpc) is 3.23. The summed E-state index contributed by atoms with van der Waals surface area (Å²) in [6, 6.07) is 18.3. The molecule has 2 aromatic carbocycles. The average molecular weight is 457 g/mol. The number of pyridine rings is 1.